The van der Waals surface area contributed by atoms with Crippen molar-refractivity contribution >= 4 is 21.8 Å². The van der Waals surface area contributed by atoms with Gasteiger partial charge in [0.25, 0.3) is 11.8 Å². The highest BCUT2D eigenvalue weighted by molar-refractivity contribution is 7.89. The van der Waals surface area contributed by atoms with Gasteiger partial charge in [-0.1, -0.05) is 0 Å². The number of rotatable bonds is 4. The third-order valence-electron chi connectivity index (χ3n) is 3.03. The van der Waals surface area contributed by atoms with Gasteiger partial charge in [0.1, 0.15) is 5.76 Å². The van der Waals surface area contributed by atoms with Crippen LogP contribution in [0.2, 0.25) is 0 Å². The van der Waals surface area contributed by atoms with Crippen LogP contribution >= 0.6 is 0 Å². The summed E-state index contributed by atoms with van der Waals surface area (Å²) in [5, 5.41) is 2.11. The Balaban J connectivity index is 1.88. The summed E-state index contributed by atoms with van der Waals surface area (Å²) >= 11 is 0. The molecule has 0 spiro atoms. The minimum absolute atomic E-state index is 0.00244. The number of benzene rings is 1. The molecule has 0 atom stereocenters. The van der Waals surface area contributed by atoms with Crippen molar-refractivity contribution in [2.45, 2.75) is 11.4 Å². The lowest BCUT2D eigenvalue weighted by Crippen LogP contribution is -2.23. The minimum atomic E-state index is -3.80. The predicted octanol–water partition coefficient (Wildman–Crippen LogP) is 0.642. The lowest BCUT2D eigenvalue weighted by molar-refractivity contribution is 0.0879. The summed E-state index contributed by atoms with van der Waals surface area (Å²) in [5.41, 5.74) is 0.228. The zero-order chi connectivity index (χ0) is 15.0. The van der Waals surface area contributed by atoms with Crippen LogP contribution in [0.4, 0.5) is 0 Å². The molecule has 1 aromatic carbocycles. The average molecular weight is 306 g/mol. The van der Waals surface area contributed by atoms with Gasteiger partial charge in [-0.15, -0.1) is 0 Å². The van der Waals surface area contributed by atoms with Crippen molar-refractivity contribution in [3.8, 4) is 0 Å². The Morgan fingerprint density at radius 2 is 1.86 bits per heavy atom. The molecule has 2 N–H and O–H groups in total. The summed E-state index contributed by atoms with van der Waals surface area (Å²) in [5.74, 6) is -0.659. The second-order valence-corrected chi connectivity index (χ2v) is 6.16. The van der Waals surface area contributed by atoms with Crippen LogP contribution in [0.15, 0.2) is 45.9 Å². The molecule has 1 aliphatic rings. The van der Waals surface area contributed by atoms with Crippen molar-refractivity contribution in [3.05, 3.63) is 53.5 Å². The quantitative estimate of drug-likeness (QED) is 0.806. The van der Waals surface area contributed by atoms with Gasteiger partial charge in [0.2, 0.25) is 10.0 Å². The number of carbonyl (C=O) groups excluding carboxylic acids is 2. The van der Waals surface area contributed by atoms with Gasteiger partial charge in [-0.3, -0.25) is 14.9 Å². The normalized spacial score (nSPS) is 14.1. The van der Waals surface area contributed by atoms with Gasteiger partial charge in [0, 0.05) is 0 Å². The highest BCUT2D eigenvalue weighted by Crippen LogP contribution is 2.20. The maximum Gasteiger partial charge on any atom is 0.258 e. The Morgan fingerprint density at radius 3 is 2.57 bits per heavy atom. The van der Waals surface area contributed by atoms with Crippen molar-refractivity contribution in [2.24, 2.45) is 0 Å². The van der Waals surface area contributed by atoms with E-state index in [2.05, 4.69) is 10.0 Å². The standard InChI is InChI=1S/C13H10N2O5S/c16-12-10-4-3-9(6-11(10)13(17)15-12)21(18,19)14-7-8-2-1-5-20-8/h1-6,14H,7H2,(H,15,16,17). The Kier molecular flexibility index (Phi) is 3.11. The van der Waals surface area contributed by atoms with E-state index in [9.17, 15) is 18.0 Å². The Morgan fingerprint density at radius 1 is 1.10 bits per heavy atom. The molecule has 108 valence electrons. The highest BCUT2D eigenvalue weighted by Gasteiger charge is 2.28. The van der Waals surface area contributed by atoms with E-state index in [-0.39, 0.29) is 22.6 Å². The molecule has 2 heterocycles. The van der Waals surface area contributed by atoms with Crippen molar-refractivity contribution < 1.29 is 22.4 Å². The molecule has 0 saturated heterocycles. The molecular formula is C13H10N2O5S. The molecule has 0 fully saturated rings. The van der Waals surface area contributed by atoms with Gasteiger partial charge >= 0.3 is 0 Å². The van der Waals surface area contributed by atoms with E-state index in [0.717, 1.165) is 0 Å². The molecule has 0 saturated carbocycles. The summed E-state index contributed by atoms with van der Waals surface area (Å²) in [4.78, 5) is 22.9. The largest absolute Gasteiger partial charge is 0.468 e. The molecule has 0 unspecified atom stereocenters. The Bertz CT molecular complexity index is 824. The monoisotopic (exact) mass is 306 g/mol. The smallest absolute Gasteiger partial charge is 0.258 e. The first-order valence-electron chi connectivity index (χ1n) is 5.99. The summed E-state index contributed by atoms with van der Waals surface area (Å²) in [6, 6.07) is 7.06. The number of hydrogen-bond donors (Lipinski definition) is 2. The molecule has 1 aliphatic heterocycles. The maximum absolute atomic E-state index is 12.1. The van der Waals surface area contributed by atoms with Crippen LogP contribution in [0, 0.1) is 0 Å². The molecule has 7 nitrogen and oxygen atoms in total. The average Bonchev–Trinajstić information content (AvgIpc) is 3.06. The number of nitrogens with one attached hydrogen (secondary N) is 2. The topological polar surface area (TPSA) is 105 Å². The second-order valence-electron chi connectivity index (χ2n) is 4.39. The van der Waals surface area contributed by atoms with Crippen molar-refractivity contribution in [3.63, 3.8) is 0 Å². The first kappa shape index (κ1) is 13.5. The van der Waals surface area contributed by atoms with E-state index < -0.39 is 21.8 Å². The summed E-state index contributed by atoms with van der Waals surface area (Å²) in [6.07, 6.45) is 1.44. The molecule has 0 bridgehead atoms. The molecular weight excluding hydrogens is 296 g/mol. The number of imide groups is 1. The molecule has 1 aromatic heterocycles. The summed E-state index contributed by atoms with van der Waals surface area (Å²) in [7, 11) is -3.80. The van der Waals surface area contributed by atoms with Gasteiger partial charge in [0.05, 0.1) is 28.8 Å². The SMILES string of the molecule is O=C1NC(=O)c2cc(S(=O)(=O)NCc3ccco3)ccc21. The van der Waals surface area contributed by atoms with Crippen LogP contribution in [-0.2, 0) is 16.6 Å². The van der Waals surface area contributed by atoms with Gasteiger partial charge < -0.3 is 4.42 Å². The fourth-order valence-corrected chi connectivity index (χ4v) is 3.00. The predicted molar refractivity (Wildman–Crippen MR) is 71.0 cm³/mol. The number of amides is 2. The first-order chi connectivity index (χ1) is 9.97. The number of carbonyl (C=O) groups is 2. The van der Waals surface area contributed by atoms with E-state index in [4.69, 9.17) is 4.42 Å². The molecule has 0 radical (unpaired) electrons. The van der Waals surface area contributed by atoms with Crippen LogP contribution in [-0.4, -0.2) is 20.2 Å². The third kappa shape index (κ3) is 2.46. The zero-order valence-corrected chi connectivity index (χ0v) is 11.4. The van der Waals surface area contributed by atoms with Gasteiger partial charge in [-0.25, -0.2) is 13.1 Å². The van der Waals surface area contributed by atoms with E-state index in [1.165, 1.54) is 24.5 Å². The molecule has 21 heavy (non-hydrogen) atoms. The molecule has 2 amide bonds. The highest BCUT2D eigenvalue weighted by atomic mass is 32.2. The van der Waals surface area contributed by atoms with Gasteiger partial charge in [-0.05, 0) is 30.3 Å². The van der Waals surface area contributed by atoms with Crippen molar-refractivity contribution in [2.75, 3.05) is 0 Å². The molecule has 0 aliphatic carbocycles. The minimum Gasteiger partial charge on any atom is -0.468 e. The number of fused-ring (bicyclic) bond motifs is 1. The van der Waals surface area contributed by atoms with Gasteiger partial charge in [0.15, 0.2) is 0 Å². The van der Waals surface area contributed by atoms with E-state index >= 15 is 0 Å². The van der Waals surface area contributed by atoms with Crippen LogP contribution in [0.3, 0.4) is 0 Å². The van der Waals surface area contributed by atoms with E-state index in [1.807, 2.05) is 0 Å². The lowest BCUT2D eigenvalue weighted by Gasteiger charge is -2.06. The number of sulfonamides is 1. The van der Waals surface area contributed by atoms with Crippen LogP contribution < -0.4 is 10.0 Å². The van der Waals surface area contributed by atoms with Crippen LogP contribution in [0.5, 0.6) is 0 Å². The molecule has 2 aromatic rings. The Labute approximate surface area is 120 Å². The fraction of sp³-hybridized carbons (Fsp3) is 0.0769. The maximum atomic E-state index is 12.1. The zero-order valence-electron chi connectivity index (χ0n) is 10.6. The van der Waals surface area contributed by atoms with Crippen molar-refractivity contribution in [1.29, 1.82) is 0 Å². The number of furan rings is 1. The lowest BCUT2D eigenvalue weighted by atomic mass is 10.1. The molecule has 3 rings (SSSR count). The van der Waals surface area contributed by atoms with Crippen LogP contribution in [0.1, 0.15) is 26.5 Å². The molecule has 8 heteroatoms. The third-order valence-corrected chi connectivity index (χ3v) is 4.43. The van der Waals surface area contributed by atoms with E-state index in [0.29, 0.717) is 5.76 Å². The second kappa shape index (κ2) is 4.83. The summed E-state index contributed by atoms with van der Waals surface area (Å²) in [6.45, 7) is -0.00244. The fourth-order valence-electron chi connectivity index (χ4n) is 1.98. The first-order valence-corrected chi connectivity index (χ1v) is 7.47. The van der Waals surface area contributed by atoms with Crippen LogP contribution in [0.25, 0.3) is 0 Å². The Hall–Kier alpha value is -2.45. The van der Waals surface area contributed by atoms with Gasteiger partial charge in [-0.2, -0.15) is 0 Å². The van der Waals surface area contributed by atoms with E-state index in [1.54, 1.807) is 12.1 Å². The van der Waals surface area contributed by atoms with Crippen molar-refractivity contribution in [1.82, 2.24) is 10.0 Å². The summed E-state index contributed by atoms with van der Waals surface area (Å²) < 4.78 is 31.7. The number of hydrogen-bond acceptors (Lipinski definition) is 5.